The fourth-order valence-corrected chi connectivity index (χ4v) is 3.27. The van der Waals surface area contributed by atoms with Crippen LogP contribution in [0, 0.1) is 0 Å². The van der Waals surface area contributed by atoms with Crippen LogP contribution in [0.2, 0.25) is 0 Å². The van der Waals surface area contributed by atoms with Gasteiger partial charge in [-0.15, -0.1) is 0 Å². The number of hydrogen-bond donors (Lipinski definition) is 0. The Balaban J connectivity index is 1.82. The summed E-state index contributed by atoms with van der Waals surface area (Å²) in [6.45, 7) is 1.87. The van der Waals surface area contributed by atoms with Crippen LogP contribution in [0.15, 0.2) is 76.2 Å². The van der Waals surface area contributed by atoms with E-state index in [-0.39, 0.29) is 11.9 Å². The van der Waals surface area contributed by atoms with Crippen LogP contribution >= 0.6 is 11.8 Å². The summed E-state index contributed by atoms with van der Waals surface area (Å²) in [6.07, 6.45) is 0.232. The van der Waals surface area contributed by atoms with Gasteiger partial charge in [-0.2, -0.15) is 0 Å². The number of ketones is 1. The van der Waals surface area contributed by atoms with Gasteiger partial charge in [0.1, 0.15) is 11.9 Å². The Bertz CT molecular complexity index is 662. The Hall–Kier alpha value is -2.00. The molecule has 1 aliphatic heterocycles. The highest BCUT2D eigenvalue weighted by Crippen LogP contribution is 2.38. The van der Waals surface area contributed by atoms with E-state index in [2.05, 4.69) is 0 Å². The molecule has 1 unspecified atom stereocenters. The summed E-state index contributed by atoms with van der Waals surface area (Å²) in [5.41, 5.74) is 1.05. The minimum atomic E-state index is -0.168. The van der Waals surface area contributed by atoms with Crippen molar-refractivity contribution in [1.82, 2.24) is 0 Å². The summed E-state index contributed by atoms with van der Waals surface area (Å²) >= 11 is 1.48. The van der Waals surface area contributed by atoms with Crippen LogP contribution in [0.4, 0.5) is 0 Å². The standard InChI is InChI=1S/C18H16O2S/c1-13-18(21-15-10-6-3-7-11-15)16(19)12-17(20-13)14-8-4-2-5-9-14/h2-11,17H,12H2,1H3. The molecule has 1 atom stereocenters. The maximum atomic E-state index is 12.4. The molecule has 2 nitrogen and oxygen atoms in total. The normalized spacial score (nSPS) is 18.5. The van der Waals surface area contributed by atoms with Gasteiger partial charge < -0.3 is 4.74 Å². The average Bonchev–Trinajstić information content (AvgIpc) is 2.52. The first kappa shape index (κ1) is 14.0. The lowest BCUT2D eigenvalue weighted by atomic mass is 10.0. The molecule has 0 N–H and O–H groups in total. The molecule has 0 aromatic heterocycles. The molecule has 2 aromatic carbocycles. The van der Waals surface area contributed by atoms with Gasteiger partial charge in [0.25, 0.3) is 0 Å². The number of ether oxygens (including phenoxy) is 1. The molecule has 0 spiro atoms. The summed E-state index contributed by atoms with van der Waals surface area (Å²) in [7, 11) is 0. The molecular formula is C18H16O2S. The molecule has 21 heavy (non-hydrogen) atoms. The van der Waals surface area contributed by atoms with Gasteiger partial charge in [-0.1, -0.05) is 60.3 Å². The molecule has 0 radical (unpaired) electrons. The van der Waals surface area contributed by atoms with E-state index >= 15 is 0 Å². The molecule has 0 saturated heterocycles. The smallest absolute Gasteiger partial charge is 0.176 e. The van der Waals surface area contributed by atoms with E-state index in [1.54, 1.807) is 0 Å². The number of carbonyl (C=O) groups excluding carboxylic acids is 1. The zero-order valence-electron chi connectivity index (χ0n) is 11.8. The predicted molar refractivity (Wildman–Crippen MR) is 84.9 cm³/mol. The zero-order chi connectivity index (χ0) is 14.7. The molecule has 3 rings (SSSR count). The van der Waals surface area contributed by atoms with Gasteiger partial charge in [-0.25, -0.2) is 0 Å². The van der Waals surface area contributed by atoms with E-state index in [4.69, 9.17) is 4.74 Å². The summed E-state index contributed by atoms with van der Waals surface area (Å²) in [5, 5.41) is 0. The SMILES string of the molecule is CC1=C(Sc2ccccc2)C(=O)CC(c2ccccc2)O1. The number of benzene rings is 2. The summed E-state index contributed by atoms with van der Waals surface area (Å²) in [6, 6.07) is 19.8. The van der Waals surface area contributed by atoms with Crippen molar-refractivity contribution in [3.63, 3.8) is 0 Å². The van der Waals surface area contributed by atoms with E-state index in [0.717, 1.165) is 10.5 Å². The van der Waals surface area contributed by atoms with Crippen molar-refractivity contribution in [2.24, 2.45) is 0 Å². The van der Waals surface area contributed by atoms with E-state index in [0.29, 0.717) is 17.1 Å². The number of Topliss-reactive ketones (excluding diaryl/α,β-unsaturated/α-hetero) is 1. The van der Waals surface area contributed by atoms with Crippen LogP contribution in [-0.2, 0) is 9.53 Å². The van der Waals surface area contributed by atoms with Crippen LogP contribution in [0.3, 0.4) is 0 Å². The van der Waals surface area contributed by atoms with E-state index in [1.165, 1.54) is 11.8 Å². The highest BCUT2D eigenvalue weighted by Gasteiger charge is 2.28. The second-order valence-electron chi connectivity index (χ2n) is 4.94. The molecule has 0 aliphatic carbocycles. The number of carbonyl (C=O) groups is 1. The molecule has 0 fully saturated rings. The van der Waals surface area contributed by atoms with Crippen LogP contribution in [0.25, 0.3) is 0 Å². The van der Waals surface area contributed by atoms with Gasteiger partial charge in [0.2, 0.25) is 0 Å². The van der Waals surface area contributed by atoms with Gasteiger partial charge in [0.15, 0.2) is 5.78 Å². The highest BCUT2D eigenvalue weighted by atomic mass is 32.2. The van der Waals surface area contributed by atoms with Crippen molar-refractivity contribution in [1.29, 1.82) is 0 Å². The van der Waals surface area contributed by atoms with Gasteiger partial charge in [0.05, 0.1) is 11.3 Å². The molecular weight excluding hydrogens is 280 g/mol. The third-order valence-corrected chi connectivity index (χ3v) is 4.62. The van der Waals surface area contributed by atoms with Crippen LogP contribution in [0.1, 0.15) is 25.0 Å². The predicted octanol–water partition coefficient (Wildman–Crippen LogP) is 4.74. The number of rotatable bonds is 3. The fourth-order valence-electron chi connectivity index (χ4n) is 2.35. The Kier molecular flexibility index (Phi) is 4.11. The minimum Gasteiger partial charge on any atom is -0.489 e. The second-order valence-corrected chi connectivity index (χ2v) is 6.03. The van der Waals surface area contributed by atoms with Crippen molar-refractivity contribution in [3.05, 3.63) is 76.9 Å². The molecule has 2 aromatic rings. The minimum absolute atomic E-state index is 0.154. The van der Waals surface area contributed by atoms with Crippen molar-refractivity contribution in [3.8, 4) is 0 Å². The summed E-state index contributed by atoms with van der Waals surface area (Å²) in [5.74, 6) is 0.871. The number of hydrogen-bond acceptors (Lipinski definition) is 3. The maximum Gasteiger partial charge on any atom is 0.176 e. The van der Waals surface area contributed by atoms with Crippen LogP contribution in [0.5, 0.6) is 0 Å². The molecule has 106 valence electrons. The van der Waals surface area contributed by atoms with Crippen molar-refractivity contribution >= 4 is 17.5 Å². The Morgan fingerprint density at radius 3 is 2.24 bits per heavy atom. The lowest BCUT2D eigenvalue weighted by Crippen LogP contribution is -2.18. The molecule has 0 saturated carbocycles. The zero-order valence-corrected chi connectivity index (χ0v) is 12.6. The first-order valence-corrected chi connectivity index (χ1v) is 7.74. The third-order valence-electron chi connectivity index (χ3n) is 3.40. The average molecular weight is 296 g/mol. The van der Waals surface area contributed by atoms with Crippen molar-refractivity contribution in [2.75, 3.05) is 0 Å². The quantitative estimate of drug-likeness (QED) is 0.818. The van der Waals surface area contributed by atoms with Gasteiger partial charge in [-0.05, 0) is 24.6 Å². The van der Waals surface area contributed by atoms with E-state index < -0.39 is 0 Å². The summed E-state index contributed by atoms with van der Waals surface area (Å²) < 4.78 is 5.97. The Labute approximate surface area is 128 Å². The number of thioether (sulfide) groups is 1. The van der Waals surface area contributed by atoms with Crippen molar-refractivity contribution in [2.45, 2.75) is 24.3 Å². The lowest BCUT2D eigenvalue weighted by molar-refractivity contribution is -0.119. The monoisotopic (exact) mass is 296 g/mol. The van der Waals surface area contributed by atoms with Crippen LogP contribution < -0.4 is 0 Å². The molecule has 1 heterocycles. The van der Waals surface area contributed by atoms with Gasteiger partial charge in [0, 0.05) is 4.90 Å². The van der Waals surface area contributed by atoms with Gasteiger partial charge >= 0.3 is 0 Å². The summed E-state index contributed by atoms with van der Waals surface area (Å²) in [4.78, 5) is 14.2. The topological polar surface area (TPSA) is 26.3 Å². The Morgan fingerprint density at radius 2 is 1.62 bits per heavy atom. The first-order valence-electron chi connectivity index (χ1n) is 6.92. The molecule has 0 amide bonds. The third kappa shape index (κ3) is 3.19. The number of allylic oxidation sites excluding steroid dienone is 2. The lowest BCUT2D eigenvalue weighted by Gasteiger charge is -2.26. The fraction of sp³-hybridized carbons (Fsp3) is 0.167. The van der Waals surface area contributed by atoms with Gasteiger partial charge in [-0.3, -0.25) is 4.79 Å². The highest BCUT2D eigenvalue weighted by molar-refractivity contribution is 8.04. The van der Waals surface area contributed by atoms with E-state index in [1.807, 2.05) is 67.6 Å². The Morgan fingerprint density at radius 1 is 1.00 bits per heavy atom. The first-order chi connectivity index (χ1) is 10.2. The van der Waals surface area contributed by atoms with E-state index in [9.17, 15) is 4.79 Å². The molecule has 0 bridgehead atoms. The maximum absolute atomic E-state index is 12.4. The van der Waals surface area contributed by atoms with Crippen molar-refractivity contribution < 1.29 is 9.53 Å². The largest absolute Gasteiger partial charge is 0.489 e. The van der Waals surface area contributed by atoms with Crippen LogP contribution in [-0.4, -0.2) is 5.78 Å². The molecule has 1 aliphatic rings. The second kappa shape index (κ2) is 6.19. The molecule has 3 heteroatoms.